The first-order valence-electron chi connectivity index (χ1n) is 8.60. The second-order valence-corrected chi connectivity index (χ2v) is 8.29. The highest BCUT2D eigenvalue weighted by Gasteiger charge is 2.24. The summed E-state index contributed by atoms with van der Waals surface area (Å²) < 4.78 is 22.0. The van der Waals surface area contributed by atoms with E-state index in [1.54, 1.807) is 28.4 Å². The molecule has 2 aliphatic rings. The molecular formula is C22H22O4S. The van der Waals surface area contributed by atoms with Crippen molar-refractivity contribution in [3.05, 3.63) is 51.9 Å². The highest BCUT2D eigenvalue weighted by Crippen LogP contribution is 2.51. The van der Waals surface area contributed by atoms with Crippen LogP contribution in [-0.4, -0.2) is 33.3 Å². The Labute approximate surface area is 161 Å². The van der Waals surface area contributed by atoms with Gasteiger partial charge in [-0.25, -0.2) is 0 Å². The monoisotopic (exact) mass is 382 g/mol. The second kappa shape index (κ2) is 6.82. The Kier molecular flexibility index (Phi) is 4.48. The molecule has 0 N–H and O–H groups in total. The lowest BCUT2D eigenvalue weighted by Gasteiger charge is -2.27. The smallest absolute Gasteiger partial charge is 0.161 e. The maximum atomic E-state index is 5.53. The van der Waals surface area contributed by atoms with E-state index in [2.05, 4.69) is 36.6 Å². The lowest BCUT2D eigenvalue weighted by atomic mass is 9.99. The summed E-state index contributed by atoms with van der Waals surface area (Å²) in [7, 11) is 6.56. The van der Waals surface area contributed by atoms with Crippen LogP contribution in [0.25, 0.3) is 17.1 Å². The number of hydrogen-bond acceptors (Lipinski definition) is 4. The molecule has 1 atom stereocenters. The van der Waals surface area contributed by atoms with Gasteiger partial charge in [0.25, 0.3) is 0 Å². The van der Waals surface area contributed by atoms with Crippen LogP contribution in [0.3, 0.4) is 0 Å². The van der Waals surface area contributed by atoms with Crippen LogP contribution in [0.4, 0.5) is 0 Å². The molecule has 0 aromatic heterocycles. The molecule has 0 fully saturated rings. The zero-order chi connectivity index (χ0) is 19.1. The fraction of sp³-hybridized carbons (Fsp3) is 0.227. The molecule has 27 heavy (non-hydrogen) atoms. The lowest BCUT2D eigenvalue weighted by molar-refractivity contribution is 0.355. The van der Waals surface area contributed by atoms with E-state index in [1.807, 2.05) is 12.1 Å². The number of hydrogen-bond donors (Lipinski definition) is 0. The van der Waals surface area contributed by atoms with Crippen LogP contribution in [0.15, 0.2) is 29.7 Å². The van der Waals surface area contributed by atoms with Crippen LogP contribution in [0.5, 0.6) is 23.0 Å². The Morgan fingerprint density at radius 1 is 0.667 bits per heavy atom. The van der Waals surface area contributed by atoms with Crippen molar-refractivity contribution in [1.82, 2.24) is 0 Å². The Morgan fingerprint density at radius 2 is 1.19 bits per heavy atom. The fourth-order valence-corrected chi connectivity index (χ4v) is 5.61. The maximum absolute atomic E-state index is 5.53. The predicted molar refractivity (Wildman–Crippen MR) is 113 cm³/mol. The van der Waals surface area contributed by atoms with Gasteiger partial charge in [-0.1, -0.05) is 0 Å². The van der Waals surface area contributed by atoms with Crippen molar-refractivity contribution < 1.29 is 18.9 Å². The highest BCUT2D eigenvalue weighted by molar-refractivity contribution is 8.26. The van der Waals surface area contributed by atoms with Crippen LogP contribution in [0, 0.1) is 0 Å². The van der Waals surface area contributed by atoms with Crippen molar-refractivity contribution in [3.63, 3.8) is 0 Å². The van der Waals surface area contributed by atoms with Crippen molar-refractivity contribution in [3.8, 4) is 23.0 Å². The molecule has 4 rings (SSSR count). The summed E-state index contributed by atoms with van der Waals surface area (Å²) in [5, 5.41) is 2.27. The SMILES string of the molecule is COc1cc2c(cc1OC)C1=Cc3cc(OC)c(OC)cc3C(C)=S1C=C2. The number of methoxy groups -OCH3 is 4. The fourth-order valence-electron chi connectivity index (χ4n) is 3.57. The summed E-state index contributed by atoms with van der Waals surface area (Å²) in [6.07, 6.45) is 4.43. The van der Waals surface area contributed by atoms with Gasteiger partial charge in [0, 0.05) is 4.91 Å². The Bertz CT molecular complexity index is 1030. The molecule has 2 aromatic rings. The average molecular weight is 382 g/mol. The summed E-state index contributed by atoms with van der Waals surface area (Å²) in [6, 6.07) is 8.22. The van der Waals surface area contributed by atoms with E-state index in [-0.39, 0.29) is 10.5 Å². The van der Waals surface area contributed by atoms with Crippen LogP contribution in [0.2, 0.25) is 0 Å². The minimum absolute atomic E-state index is 0.103. The largest absolute Gasteiger partial charge is 0.493 e. The van der Waals surface area contributed by atoms with E-state index in [9.17, 15) is 0 Å². The van der Waals surface area contributed by atoms with Crippen molar-refractivity contribution in [1.29, 1.82) is 0 Å². The molecule has 0 saturated carbocycles. The number of fused-ring (bicyclic) bond motifs is 4. The van der Waals surface area contributed by atoms with Gasteiger partial charge < -0.3 is 18.9 Å². The van der Waals surface area contributed by atoms with Gasteiger partial charge in [0.2, 0.25) is 0 Å². The minimum atomic E-state index is -0.103. The van der Waals surface area contributed by atoms with E-state index < -0.39 is 0 Å². The van der Waals surface area contributed by atoms with Crippen LogP contribution in [0.1, 0.15) is 29.2 Å². The molecule has 0 aliphatic carbocycles. The molecular weight excluding hydrogens is 360 g/mol. The third kappa shape index (κ3) is 2.73. The molecule has 2 heterocycles. The number of ether oxygens (including phenoxy) is 4. The van der Waals surface area contributed by atoms with E-state index in [0.717, 1.165) is 34.1 Å². The Morgan fingerprint density at radius 3 is 1.78 bits per heavy atom. The molecule has 4 nitrogen and oxygen atoms in total. The molecule has 140 valence electrons. The van der Waals surface area contributed by atoms with Gasteiger partial charge >= 0.3 is 0 Å². The molecule has 2 aromatic carbocycles. The molecule has 0 amide bonds. The van der Waals surface area contributed by atoms with Gasteiger partial charge in [-0.2, -0.15) is 0 Å². The Hall–Kier alpha value is -2.66. The second-order valence-electron chi connectivity index (χ2n) is 6.29. The predicted octanol–water partition coefficient (Wildman–Crippen LogP) is 5.03. The summed E-state index contributed by atoms with van der Waals surface area (Å²) >= 11 is 0. The molecule has 0 bridgehead atoms. The summed E-state index contributed by atoms with van der Waals surface area (Å²) in [6.45, 7) is 2.19. The van der Waals surface area contributed by atoms with Crippen molar-refractivity contribution in [2.75, 3.05) is 28.4 Å². The van der Waals surface area contributed by atoms with E-state index in [1.165, 1.54) is 20.9 Å². The van der Waals surface area contributed by atoms with Gasteiger partial charge in [0.1, 0.15) is 0 Å². The van der Waals surface area contributed by atoms with Gasteiger partial charge in [0.05, 0.1) is 28.4 Å². The molecule has 0 spiro atoms. The van der Waals surface area contributed by atoms with Gasteiger partial charge in [0.15, 0.2) is 23.0 Å². The molecule has 5 heteroatoms. The van der Waals surface area contributed by atoms with Crippen molar-refractivity contribution in [2.24, 2.45) is 0 Å². The van der Waals surface area contributed by atoms with Crippen LogP contribution in [-0.2, 0) is 0 Å². The first-order chi connectivity index (χ1) is 13.1. The third-order valence-electron chi connectivity index (χ3n) is 4.99. The van der Waals surface area contributed by atoms with Crippen molar-refractivity contribution in [2.45, 2.75) is 6.92 Å². The van der Waals surface area contributed by atoms with Crippen LogP contribution < -0.4 is 18.9 Å². The molecule has 1 unspecified atom stereocenters. The standard InChI is InChI=1S/C22H22O4S/c1-13-16-11-20(25-4)19(24-3)9-15(16)10-22-17-12-21(26-5)18(23-2)8-14(17)6-7-27(13)22/h6-12H,1-5H3. The van der Waals surface area contributed by atoms with Crippen LogP contribution >= 0.6 is 10.5 Å². The Balaban J connectivity index is 1.96. The number of benzene rings is 2. The molecule has 2 aliphatic heterocycles. The van der Waals surface area contributed by atoms with Gasteiger partial charge in [-0.15, -0.1) is 10.5 Å². The van der Waals surface area contributed by atoms with E-state index in [4.69, 9.17) is 18.9 Å². The van der Waals surface area contributed by atoms with E-state index in [0.29, 0.717) is 0 Å². The zero-order valence-corrected chi connectivity index (χ0v) is 16.9. The summed E-state index contributed by atoms with van der Waals surface area (Å²) in [5.74, 6) is 2.98. The average Bonchev–Trinajstić information content (AvgIpc) is 2.71. The quantitative estimate of drug-likeness (QED) is 0.695. The normalized spacial score (nSPS) is 16.7. The zero-order valence-electron chi connectivity index (χ0n) is 16.1. The maximum Gasteiger partial charge on any atom is 0.161 e. The van der Waals surface area contributed by atoms with Crippen molar-refractivity contribution >= 4 is 32.4 Å². The third-order valence-corrected chi connectivity index (χ3v) is 7.09. The van der Waals surface area contributed by atoms with Gasteiger partial charge in [-0.3, -0.25) is 0 Å². The minimum Gasteiger partial charge on any atom is -0.493 e. The summed E-state index contributed by atoms with van der Waals surface area (Å²) in [4.78, 5) is 2.60. The van der Waals surface area contributed by atoms with E-state index >= 15 is 0 Å². The molecule has 0 saturated heterocycles. The highest BCUT2D eigenvalue weighted by atomic mass is 32.2. The molecule has 0 radical (unpaired) electrons. The first kappa shape index (κ1) is 17.7. The van der Waals surface area contributed by atoms with Gasteiger partial charge in [-0.05, 0) is 75.9 Å². The number of rotatable bonds is 4. The first-order valence-corrected chi connectivity index (χ1v) is 9.89. The lowest BCUT2D eigenvalue weighted by Crippen LogP contribution is -2.07. The topological polar surface area (TPSA) is 36.9 Å². The summed E-state index contributed by atoms with van der Waals surface area (Å²) in [5.41, 5.74) is 4.66.